The molecule has 120 valence electrons. The summed E-state index contributed by atoms with van der Waals surface area (Å²) in [6, 6.07) is 11.6. The number of alkyl halides is 3. The number of aliphatic hydroxyl groups excluding tert-OH is 1. The van der Waals surface area contributed by atoms with Crippen molar-refractivity contribution < 1.29 is 18.3 Å². The lowest BCUT2D eigenvalue weighted by Crippen LogP contribution is -2.47. The van der Waals surface area contributed by atoms with Crippen molar-refractivity contribution in [2.75, 3.05) is 11.4 Å². The molecule has 1 heterocycles. The molecule has 1 unspecified atom stereocenters. The van der Waals surface area contributed by atoms with Crippen molar-refractivity contribution >= 4 is 16.5 Å². The Labute approximate surface area is 131 Å². The minimum absolute atomic E-state index is 0.303. The molecular weight excluding hydrogens is 305 g/mol. The normalized spacial score (nSPS) is 19.8. The van der Waals surface area contributed by atoms with Crippen molar-refractivity contribution in [3.8, 4) is 6.07 Å². The molecule has 3 rings (SSSR count). The fraction of sp³-hybridized carbons (Fsp3) is 0.353. The predicted octanol–water partition coefficient (Wildman–Crippen LogP) is 3.60. The van der Waals surface area contributed by atoms with Crippen LogP contribution in [0.15, 0.2) is 36.4 Å². The number of hydrogen-bond acceptors (Lipinski definition) is 3. The third-order valence-corrected chi connectivity index (χ3v) is 4.32. The predicted molar refractivity (Wildman–Crippen MR) is 81.1 cm³/mol. The Bertz CT molecular complexity index is 767. The molecule has 2 aromatic rings. The summed E-state index contributed by atoms with van der Waals surface area (Å²) in [5.74, 6) is 0. The van der Waals surface area contributed by atoms with Crippen molar-refractivity contribution in [3.05, 3.63) is 42.0 Å². The quantitative estimate of drug-likeness (QED) is 0.919. The molecule has 0 spiro atoms. The molecule has 1 fully saturated rings. The first kappa shape index (κ1) is 15.6. The lowest BCUT2D eigenvalue weighted by Gasteiger charge is -2.31. The third kappa shape index (κ3) is 2.84. The van der Waals surface area contributed by atoms with Gasteiger partial charge in [0.25, 0.3) is 0 Å². The fourth-order valence-corrected chi connectivity index (χ4v) is 3.21. The minimum atomic E-state index is -4.63. The summed E-state index contributed by atoms with van der Waals surface area (Å²) < 4.78 is 38.5. The zero-order valence-corrected chi connectivity index (χ0v) is 12.2. The number of aliphatic hydroxyl groups is 1. The topological polar surface area (TPSA) is 47.3 Å². The van der Waals surface area contributed by atoms with Gasteiger partial charge in [0, 0.05) is 12.2 Å². The number of halogens is 3. The summed E-state index contributed by atoms with van der Waals surface area (Å²) in [5.41, 5.74) is 1.17. The molecule has 0 aliphatic carbocycles. The van der Waals surface area contributed by atoms with Gasteiger partial charge in [0.1, 0.15) is 0 Å². The summed E-state index contributed by atoms with van der Waals surface area (Å²) >= 11 is 0. The van der Waals surface area contributed by atoms with E-state index in [0.29, 0.717) is 30.6 Å². The first-order valence-corrected chi connectivity index (χ1v) is 7.36. The Morgan fingerprint density at radius 2 is 2.04 bits per heavy atom. The van der Waals surface area contributed by atoms with Gasteiger partial charge in [-0.1, -0.05) is 18.2 Å². The van der Waals surface area contributed by atoms with E-state index in [1.54, 1.807) is 35.2 Å². The van der Waals surface area contributed by atoms with Crippen molar-refractivity contribution in [2.45, 2.75) is 31.2 Å². The maximum Gasteiger partial charge on any atom is 0.416 e. The summed E-state index contributed by atoms with van der Waals surface area (Å²) in [4.78, 5) is 1.61. The first-order valence-electron chi connectivity index (χ1n) is 7.36. The molecule has 1 saturated heterocycles. The van der Waals surface area contributed by atoms with E-state index in [1.165, 1.54) is 0 Å². The Morgan fingerprint density at radius 1 is 1.26 bits per heavy atom. The number of fused-ring (bicyclic) bond motifs is 1. The van der Waals surface area contributed by atoms with E-state index in [-0.39, 0.29) is 0 Å². The van der Waals surface area contributed by atoms with Crippen LogP contribution in [0.3, 0.4) is 0 Å². The molecule has 2 atom stereocenters. The van der Waals surface area contributed by atoms with Crippen LogP contribution in [0.25, 0.3) is 10.8 Å². The molecule has 6 heteroatoms. The van der Waals surface area contributed by atoms with Gasteiger partial charge in [0.15, 0.2) is 6.10 Å². The van der Waals surface area contributed by atoms with Gasteiger partial charge in [-0.3, -0.25) is 0 Å². The van der Waals surface area contributed by atoms with Crippen LogP contribution in [0.1, 0.15) is 18.4 Å². The number of nitrogens with zero attached hydrogens (tertiary/aromatic N) is 2. The van der Waals surface area contributed by atoms with E-state index in [1.807, 2.05) is 6.07 Å². The molecule has 2 aromatic carbocycles. The fourth-order valence-electron chi connectivity index (χ4n) is 3.21. The summed E-state index contributed by atoms with van der Waals surface area (Å²) in [5, 5.41) is 20.3. The van der Waals surface area contributed by atoms with Crippen LogP contribution in [-0.4, -0.2) is 30.0 Å². The smallest absolute Gasteiger partial charge is 0.382 e. The number of nitriles is 1. The van der Waals surface area contributed by atoms with E-state index in [9.17, 15) is 18.3 Å². The molecule has 0 bridgehead atoms. The van der Waals surface area contributed by atoms with Gasteiger partial charge < -0.3 is 10.0 Å². The first-order chi connectivity index (χ1) is 10.9. The number of hydrogen-bond donors (Lipinski definition) is 1. The van der Waals surface area contributed by atoms with Gasteiger partial charge in [0.05, 0.1) is 17.7 Å². The van der Waals surface area contributed by atoms with Gasteiger partial charge in [0.2, 0.25) is 0 Å². The van der Waals surface area contributed by atoms with Gasteiger partial charge >= 0.3 is 6.18 Å². The highest BCUT2D eigenvalue weighted by Crippen LogP contribution is 2.35. The molecule has 1 aliphatic heterocycles. The van der Waals surface area contributed by atoms with E-state index >= 15 is 0 Å². The molecule has 0 radical (unpaired) electrons. The van der Waals surface area contributed by atoms with Crippen LogP contribution in [0.4, 0.5) is 18.9 Å². The van der Waals surface area contributed by atoms with Gasteiger partial charge in [-0.25, -0.2) is 0 Å². The monoisotopic (exact) mass is 320 g/mol. The Hall–Kier alpha value is -2.26. The Morgan fingerprint density at radius 3 is 2.74 bits per heavy atom. The van der Waals surface area contributed by atoms with Gasteiger partial charge in [-0.05, 0) is 41.8 Å². The molecule has 0 saturated carbocycles. The van der Waals surface area contributed by atoms with E-state index in [4.69, 9.17) is 5.26 Å². The SMILES string of the molecule is N#Cc1cccc2cc(N3CCCC3[C@H](O)C(F)(F)F)ccc12. The van der Waals surface area contributed by atoms with Crippen LogP contribution in [0, 0.1) is 11.3 Å². The van der Waals surface area contributed by atoms with E-state index in [2.05, 4.69) is 6.07 Å². The lowest BCUT2D eigenvalue weighted by atomic mass is 10.0. The van der Waals surface area contributed by atoms with Crippen LogP contribution in [-0.2, 0) is 0 Å². The molecular formula is C17H15F3N2O. The van der Waals surface area contributed by atoms with E-state index < -0.39 is 18.3 Å². The average molecular weight is 320 g/mol. The summed E-state index contributed by atoms with van der Waals surface area (Å²) in [7, 11) is 0. The van der Waals surface area contributed by atoms with Crippen molar-refractivity contribution in [3.63, 3.8) is 0 Å². The number of rotatable bonds is 2. The minimum Gasteiger partial charge on any atom is -0.382 e. The second-order valence-corrected chi connectivity index (χ2v) is 5.71. The molecule has 1 N–H and O–H groups in total. The van der Waals surface area contributed by atoms with Gasteiger partial charge in [-0.15, -0.1) is 0 Å². The lowest BCUT2D eigenvalue weighted by molar-refractivity contribution is -0.209. The van der Waals surface area contributed by atoms with Crippen LogP contribution < -0.4 is 4.90 Å². The Kier molecular flexibility index (Phi) is 3.90. The molecule has 0 aromatic heterocycles. The van der Waals surface area contributed by atoms with Crippen molar-refractivity contribution in [1.29, 1.82) is 5.26 Å². The Balaban J connectivity index is 1.98. The standard InChI is InChI=1S/C17H15F3N2O/c18-17(19,20)16(23)15-5-2-8-22(15)13-6-7-14-11(9-13)3-1-4-12(14)10-21/h1,3-4,6-7,9,15-16,23H,2,5,8H2/t15?,16-/m0/s1. The molecule has 3 nitrogen and oxygen atoms in total. The second kappa shape index (κ2) is 5.74. The third-order valence-electron chi connectivity index (χ3n) is 4.32. The zero-order chi connectivity index (χ0) is 16.6. The van der Waals surface area contributed by atoms with Crippen LogP contribution in [0.5, 0.6) is 0 Å². The molecule has 0 amide bonds. The largest absolute Gasteiger partial charge is 0.416 e. The number of benzene rings is 2. The maximum absolute atomic E-state index is 12.8. The highest BCUT2D eigenvalue weighted by atomic mass is 19.4. The zero-order valence-electron chi connectivity index (χ0n) is 12.2. The average Bonchev–Trinajstić information content (AvgIpc) is 3.01. The number of anilines is 1. The molecule has 23 heavy (non-hydrogen) atoms. The second-order valence-electron chi connectivity index (χ2n) is 5.71. The van der Waals surface area contributed by atoms with Gasteiger partial charge in [-0.2, -0.15) is 18.4 Å². The summed E-state index contributed by atoms with van der Waals surface area (Å²) in [6.45, 7) is 0.473. The highest BCUT2D eigenvalue weighted by Gasteiger charge is 2.47. The summed E-state index contributed by atoms with van der Waals surface area (Å²) in [6.07, 6.45) is -6.07. The van der Waals surface area contributed by atoms with Crippen LogP contribution in [0.2, 0.25) is 0 Å². The van der Waals surface area contributed by atoms with E-state index in [0.717, 1.165) is 10.8 Å². The molecule has 1 aliphatic rings. The van der Waals surface area contributed by atoms with Crippen molar-refractivity contribution in [2.24, 2.45) is 0 Å². The maximum atomic E-state index is 12.8. The highest BCUT2D eigenvalue weighted by molar-refractivity contribution is 5.90. The van der Waals surface area contributed by atoms with Crippen molar-refractivity contribution in [1.82, 2.24) is 0 Å². The van der Waals surface area contributed by atoms with Crippen LogP contribution >= 0.6 is 0 Å².